The van der Waals surface area contributed by atoms with E-state index in [1.165, 1.54) is 0 Å². The van der Waals surface area contributed by atoms with E-state index in [0.717, 1.165) is 0 Å². The molecule has 1 rings (SSSR count). The minimum atomic E-state index is -1.73. The molecule has 168 valence electrons. The van der Waals surface area contributed by atoms with Crippen molar-refractivity contribution in [1.82, 2.24) is 10.6 Å². The van der Waals surface area contributed by atoms with E-state index in [1.807, 2.05) is 0 Å². The third-order valence-electron chi connectivity index (χ3n) is 3.38. The van der Waals surface area contributed by atoms with E-state index >= 15 is 0 Å². The summed E-state index contributed by atoms with van der Waals surface area (Å²) in [5, 5.41) is 43.7. The zero-order valence-electron chi connectivity index (χ0n) is 17.4. The smallest absolute Gasteiger partial charge is 0.414 e. The van der Waals surface area contributed by atoms with Crippen LogP contribution in [0.2, 0.25) is 0 Å². The number of hydrogen-bond donors (Lipinski definition) is 6. The highest BCUT2D eigenvalue weighted by atomic mass is 16.6. The highest BCUT2D eigenvalue weighted by Gasteiger charge is 2.44. The van der Waals surface area contributed by atoms with Crippen LogP contribution in [0.15, 0.2) is 4.99 Å². The fraction of sp³-hybridized carbons (Fsp3) is 0.824. The summed E-state index contributed by atoms with van der Waals surface area (Å²) < 4.78 is 15.2. The molecule has 5 atom stereocenters. The Morgan fingerprint density at radius 3 is 1.76 bits per heavy atom. The maximum Gasteiger partial charge on any atom is 0.414 e. The molecular weight excluding hydrogens is 390 g/mol. The van der Waals surface area contributed by atoms with Gasteiger partial charge in [-0.3, -0.25) is 10.6 Å². The van der Waals surface area contributed by atoms with Gasteiger partial charge in [0.1, 0.15) is 35.6 Å². The second kappa shape index (κ2) is 9.67. The number of hydrogen-bond acceptors (Lipinski definition) is 10. The average molecular weight is 421 g/mol. The Hall–Kier alpha value is -1.99. The molecule has 0 aliphatic carbocycles. The lowest BCUT2D eigenvalue weighted by Crippen LogP contribution is -2.59. The molecule has 1 aliphatic rings. The molecule has 0 bridgehead atoms. The summed E-state index contributed by atoms with van der Waals surface area (Å²) in [5.74, 6) is -0.505. The Balaban J connectivity index is 3.07. The van der Waals surface area contributed by atoms with Crippen LogP contribution in [0.4, 0.5) is 9.59 Å². The van der Waals surface area contributed by atoms with Crippen molar-refractivity contribution in [3.8, 4) is 0 Å². The van der Waals surface area contributed by atoms with Gasteiger partial charge in [-0.05, 0) is 41.5 Å². The van der Waals surface area contributed by atoms with Crippen molar-refractivity contribution >= 4 is 18.1 Å². The van der Waals surface area contributed by atoms with Crippen LogP contribution in [0.25, 0.3) is 0 Å². The van der Waals surface area contributed by atoms with Crippen LogP contribution in [0.1, 0.15) is 41.5 Å². The molecule has 1 aliphatic heterocycles. The standard InChI is InChI=1S/C17H31N3O9/c1-16(2,3)28-14(25)19-13(20-15(26)29-17(4,5)6)18-9-11(23)10(22)8(7-21)27-12(9)24/h8-12,21-24H,7H2,1-6H3,(H2,18,19,20,25,26)/t8-,9-,10-,11-,12?/m1/s1. The first-order chi connectivity index (χ1) is 13.1. The molecule has 2 amide bonds. The molecule has 1 saturated heterocycles. The number of guanidine groups is 1. The van der Waals surface area contributed by atoms with E-state index in [2.05, 4.69) is 15.6 Å². The molecule has 0 spiro atoms. The van der Waals surface area contributed by atoms with Gasteiger partial charge >= 0.3 is 12.2 Å². The van der Waals surface area contributed by atoms with Crippen molar-refractivity contribution in [2.24, 2.45) is 4.99 Å². The van der Waals surface area contributed by atoms with E-state index in [9.17, 15) is 24.9 Å². The van der Waals surface area contributed by atoms with Crippen LogP contribution in [0.5, 0.6) is 0 Å². The van der Waals surface area contributed by atoms with Gasteiger partial charge in [-0.2, -0.15) is 0 Å². The number of amides is 2. The molecule has 29 heavy (non-hydrogen) atoms. The van der Waals surface area contributed by atoms with Crippen LogP contribution in [-0.2, 0) is 14.2 Å². The van der Waals surface area contributed by atoms with Crippen LogP contribution >= 0.6 is 0 Å². The second-order valence-corrected chi connectivity index (χ2v) is 8.45. The van der Waals surface area contributed by atoms with Gasteiger partial charge in [-0.25, -0.2) is 14.6 Å². The van der Waals surface area contributed by atoms with Gasteiger partial charge in [-0.1, -0.05) is 0 Å². The van der Waals surface area contributed by atoms with Gasteiger partial charge in [0, 0.05) is 0 Å². The van der Waals surface area contributed by atoms with Gasteiger partial charge in [-0.15, -0.1) is 0 Å². The summed E-state index contributed by atoms with van der Waals surface area (Å²) >= 11 is 0. The number of carbonyl (C=O) groups is 2. The summed E-state index contributed by atoms with van der Waals surface area (Å²) in [5.41, 5.74) is -1.70. The Labute approximate surface area is 168 Å². The van der Waals surface area contributed by atoms with Gasteiger partial charge in [0.05, 0.1) is 6.61 Å². The molecule has 0 aromatic rings. The largest absolute Gasteiger partial charge is 0.444 e. The van der Waals surface area contributed by atoms with E-state index < -0.39 is 66.6 Å². The number of alkyl carbamates (subject to hydrolysis) is 2. The van der Waals surface area contributed by atoms with Crippen molar-refractivity contribution in [1.29, 1.82) is 0 Å². The second-order valence-electron chi connectivity index (χ2n) is 8.45. The van der Waals surface area contributed by atoms with Crippen molar-refractivity contribution in [2.75, 3.05) is 6.61 Å². The zero-order chi connectivity index (χ0) is 22.6. The van der Waals surface area contributed by atoms with Gasteiger partial charge in [0.15, 0.2) is 6.29 Å². The lowest BCUT2D eigenvalue weighted by atomic mass is 9.98. The summed E-state index contributed by atoms with van der Waals surface area (Å²) in [4.78, 5) is 28.0. The Kier molecular flexibility index (Phi) is 8.35. The maximum atomic E-state index is 12.1. The van der Waals surface area contributed by atoms with E-state index in [1.54, 1.807) is 41.5 Å². The predicted molar refractivity (Wildman–Crippen MR) is 99.9 cm³/mol. The number of ether oxygens (including phenoxy) is 3. The first-order valence-electron chi connectivity index (χ1n) is 9.01. The number of aliphatic hydroxyl groups excluding tert-OH is 4. The van der Waals surface area contributed by atoms with Crippen LogP contribution in [0, 0.1) is 0 Å². The third kappa shape index (κ3) is 8.50. The van der Waals surface area contributed by atoms with Crippen molar-refractivity contribution in [3.63, 3.8) is 0 Å². The average Bonchev–Trinajstić information content (AvgIpc) is 2.50. The molecular formula is C17H31N3O9. The predicted octanol–water partition coefficient (Wildman–Crippen LogP) is -0.808. The van der Waals surface area contributed by atoms with Gasteiger partial charge < -0.3 is 34.6 Å². The molecule has 1 unspecified atom stereocenters. The molecule has 12 heteroatoms. The Morgan fingerprint density at radius 1 is 0.931 bits per heavy atom. The maximum absolute atomic E-state index is 12.1. The number of aliphatic hydroxyl groups is 4. The van der Waals surface area contributed by atoms with Gasteiger partial charge in [0.2, 0.25) is 5.96 Å². The lowest BCUT2D eigenvalue weighted by molar-refractivity contribution is -0.248. The SMILES string of the molecule is CC(C)(C)OC(=O)NC(=N[C@H]1C(O)O[C@H](CO)[C@@H](O)[C@@H]1O)NC(=O)OC(C)(C)C. The fourth-order valence-corrected chi connectivity index (χ4v) is 2.27. The molecule has 0 radical (unpaired) electrons. The zero-order valence-corrected chi connectivity index (χ0v) is 17.4. The van der Waals surface area contributed by atoms with Crippen LogP contribution in [0.3, 0.4) is 0 Å². The molecule has 6 N–H and O–H groups in total. The number of nitrogens with zero attached hydrogens (tertiary/aromatic N) is 1. The molecule has 1 heterocycles. The highest BCUT2D eigenvalue weighted by Crippen LogP contribution is 2.22. The molecule has 0 saturated carbocycles. The van der Waals surface area contributed by atoms with Crippen LogP contribution < -0.4 is 10.6 Å². The van der Waals surface area contributed by atoms with E-state index in [4.69, 9.17) is 19.3 Å². The summed E-state index contributed by atoms with van der Waals surface area (Å²) in [7, 11) is 0. The normalized spacial score (nSPS) is 27.6. The first kappa shape index (κ1) is 25.0. The van der Waals surface area contributed by atoms with Crippen molar-refractivity contribution in [3.05, 3.63) is 0 Å². The first-order valence-corrected chi connectivity index (χ1v) is 9.01. The minimum absolute atomic E-state index is 0.505. The number of rotatable bonds is 2. The minimum Gasteiger partial charge on any atom is -0.444 e. The van der Waals surface area contributed by atoms with Crippen molar-refractivity contribution in [2.45, 2.75) is 83.4 Å². The lowest BCUT2D eigenvalue weighted by Gasteiger charge is -2.38. The summed E-state index contributed by atoms with van der Waals surface area (Å²) in [6.45, 7) is 9.09. The summed E-state index contributed by atoms with van der Waals surface area (Å²) in [6.07, 6.45) is -8.13. The molecule has 0 aromatic heterocycles. The fourth-order valence-electron chi connectivity index (χ4n) is 2.27. The monoisotopic (exact) mass is 421 g/mol. The van der Waals surface area contributed by atoms with Crippen molar-refractivity contribution < 1.29 is 44.2 Å². The third-order valence-corrected chi connectivity index (χ3v) is 3.38. The topological polar surface area (TPSA) is 179 Å². The Bertz CT molecular complexity index is 580. The number of aliphatic imine (C=N–C) groups is 1. The van der Waals surface area contributed by atoms with E-state index in [0.29, 0.717) is 0 Å². The highest BCUT2D eigenvalue weighted by molar-refractivity contribution is 6.01. The molecule has 1 fully saturated rings. The quantitative estimate of drug-likeness (QED) is 0.246. The molecule has 0 aromatic carbocycles. The molecule has 12 nitrogen and oxygen atoms in total. The number of carbonyl (C=O) groups excluding carboxylic acids is 2. The summed E-state index contributed by atoms with van der Waals surface area (Å²) in [6, 6.07) is -1.49. The van der Waals surface area contributed by atoms with Gasteiger partial charge in [0.25, 0.3) is 0 Å². The van der Waals surface area contributed by atoms with Crippen LogP contribution in [-0.4, -0.2) is 87.0 Å². The van der Waals surface area contributed by atoms with E-state index in [-0.39, 0.29) is 0 Å². The Morgan fingerprint density at radius 2 is 1.38 bits per heavy atom. The number of nitrogens with one attached hydrogen (secondary N) is 2.